The molecule has 120 valence electrons. The number of likely N-dealkylation sites (tertiary alicyclic amines) is 1. The fraction of sp³-hybridized carbons (Fsp3) is 0.812. The zero-order chi connectivity index (χ0) is 15.2. The second kappa shape index (κ2) is 8.22. The summed E-state index contributed by atoms with van der Waals surface area (Å²) in [4.78, 5) is 9.67. The second-order valence-corrected chi connectivity index (χ2v) is 7.67. The number of piperidine rings is 1. The quantitative estimate of drug-likeness (QED) is 0.838. The molecule has 1 aromatic rings. The Labute approximate surface area is 133 Å². The van der Waals surface area contributed by atoms with E-state index in [-0.39, 0.29) is 0 Å². The zero-order valence-corrected chi connectivity index (χ0v) is 14.7. The Morgan fingerprint density at radius 1 is 1.52 bits per heavy atom. The zero-order valence-electron chi connectivity index (χ0n) is 13.9. The van der Waals surface area contributed by atoms with Gasteiger partial charge in [0.25, 0.3) is 0 Å². The highest BCUT2D eigenvalue weighted by Crippen LogP contribution is 2.17. The Balaban J connectivity index is 1.78. The van der Waals surface area contributed by atoms with E-state index in [9.17, 15) is 0 Å². The standard InChI is InChI=1S/C16H30N4S/c1-13(2)8-17-9-16-18-14(12-21-16)10-20(4)15-6-5-7-19(3)11-15/h12-13,15,17H,5-11H2,1-4H3. The fourth-order valence-electron chi connectivity index (χ4n) is 2.85. The highest BCUT2D eigenvalue weighted by Gasteiger charge is 2.21. The van der Waals surface area contributed by atoms with Crippen molar-refractivity contribution in [1.82, 2.24) is 20.1 Å². The van der Waals surface area contributed by atoms with Gasteiger partial charge in [-0.2, -0.15) is 0 Å². The monoisotopic (exact) mass is 310 g/mol. The molecular weight excluding hydrogens is 280 g/mol. The minimum Gasteiger partial charge on any atom is -0.310 e. The normalized spacial score (nSPS) is 20.6. The van der Waals surface area contributed by atoms with Gasteiger partial charge in [-0.05, 0) is 45.9 Å². The molecule has 1 unspecified atom stereocenters. The van der Waals surface area contributed by atoms with E-state index in [2.05, 4.69) is 48.4 Å². The third kappa shape index (κ3) is 5.66. The summed E-state index contributed by atoms with van der Waals surface area (Å²) in [6, 6.07) is 0.674. The lowest BCUT2D eigenvalue weighted by atomic mass is 10.1. The van der Waals surface area contributed by atoms with Gasteiger partial charge in [0.2, 0.25) is 0 Å². The van der Waals surface area contributed by atoms with Crippen LogP contribution >= 0.6 is 11.3 Å². The summed E-state index contributed by atoms with van der Waals surface area (Å²) in [6.45, 7) is 9.82. The molecule has 1 aliphatic heterocycles. The Morgan fingerprint density at radius 2 is 2.33 bits per heavy atom. The molecule has 1 N–H and O–H groups in total. The SMILES string of the molecule is CC(C)CNCc1nc(CN(C)C2CCCN(C)C2)cs1. The van der Waals surface area contributed by atoms with Crippen LogP contribution in [0.4, 0.5) is 0 Å². The molecule has 0 aliphatic carbocycles. The van der Waals surface area contributed by atoms with Crippen molar-refractivity contribution in [3.05, 3.63) is 16.1 Å². The van der Waals surface area contributed by atoms with Crippen molar-refractivity contribution in [2.24, 2.45) is 5.92 Å². The van der Waals surface area contributed by atoms with Crippen LogP contribution in [0, 0.1) is 5.92 Å². The van der Waals surface area contributed by atoms with E-state index in [1.165, 1.54) is 36.6 Å². The van der Waals surface area contributed by atoms with Crippen molar-refractivity contribution >= 4 is 11.3 Å². The molecule has 21 heavy (non-hydrogen) atoms. The maximum atomic E-state index is 4.76. The Hall–Kier alpha value is -0.490. The van der Waals surface area contributed by atoms with Crippen LogP contribution in [0.3, 0.4) is 0 Å². The molecular formula is C16H30N4S. The highest BCUT2D eigenvalue weighted by atomic mass is 32.1. The molecule has 0 radical (unpaired) electrons. The van der Waals surface area contributed by atoms with Crippen LogP contribution in [0.15, 0.2) is 5.38 Å². The summed E-state index contributed by atoms with van der Waals surface area (Å²) in [7, 11) is 4.46. The van der Waals surface area contributed by atoms with Crippen molar-refractivity contribution in [2.75, 3.05) is 33.7 Å². The second-order valence-electron chi connectivity index (χ2n) is 6.73. The average molecular weight is 311 g/mol. The molecule has 2 heterocycles. The molecule has 0 aromatic carbocycles. The summed E-state index contributed by atoms with van der Waals surface area (Å²) in [5.74, 6) is 0.693. The number of nitrogens with one attached hydrogen (secondary N) is 1. The lowest BCUT2D eigenvalue weighted by Gasteiger charge is -2.35. The van der Waals surface area contributed by atoms with Gasteiger partial charge < -0.3 is 10.2 Å². The molecule has 5 heteroatoms. The number of likely N-dealkylation sites (N-methyl/N-ethyl adjacent to an activating group) is 2. The van der Waals surface area contributed by atoms with E-state index in [1.807, 2.05) is 0 Å². The van der Waals surface area contributed by atoms with Crippen LogP contribution < -0.4 is 5.32 Å². The molecule has 1 atom stereocenters. The summed E-state index contributed by atoms with van der Waals surface area (Å²) in [6.07, 6.45) is 2.63. The topological polar surface area (TPSA) is 31.4 Å². The lowest BCUT2D eigenvalue weighted by Crippen LogP contribution is -2.44. The van der Waals surface area contributed by atoms with Crippen molar-refractivity contribution in [3.63, 3.8) is 0 Å². The van der Waals surface area contributed by atoms with Gasteiger partial charge in [0.1, 0.15) is 5.01 Å². The van der Waals surface area contributed by atoms with Crippen LogP contribution in [0.5, 0.6) is 0 Å². The maximum absolute atomic E-state index is 4.76. The van der Waals surface area contributed by atoms with E-state index < -0.39 is 0 Å². The van der Waals surface area contributed by atoms with Gasteiger partial charge >= 0.3 is 0 Å². The van der Waals surface area contributed by atoms with E-state index in [4.69, 9.17) is 4.98 Å². The molecule has 0 amide bonds. The molecule has 1 saturated heterocycles. The van der Waals surface area contributed by atoms with E-state index >= 15 is 0 Å². The van der Waals surface area contributed by atoms with E-state index in [0.29, 0.717) is 12.0 Å². The summed E-state index contributed by atoms with van der Waals surface area (Å²) in [5.41, 5.74) is 1.22. The molecule has 0 saturated carbocycles. The van der Waals surface area contributed by atoms with E-state index in [1.54, 1.807) is 11.3 Å². The minimum absolute atomic E-state index is 0.674. The van der Waals surface area contributed by atoms with Crippen LogP contribution in [-0.2, 0) is 13.1 Å². The average Bonchev–Trinajstić information content (AvgIpc) is 2.86. The number of aromatic nitrogens is 1. The third-order valence-corrected chi connectivity index (χ3v) is 4.96. The van der Waals surface area contributed by atoms with Crippen LogP contribution in [-0.4, -0.2) is 54.6 Å². The Bertz CT molecular complexity index is 418. The predicted molar refractivity (Wildman–Crippen MR) is 90.6 cm³/mol. The molecule has 2 rings (SSSR count). The van der Waals surface area contributed by atoms with Crippen LogP contribution in [0.1, 0.15) is 37.4 Å². The first-order valence-electron chi connectivity index (χ1n) is 8.07. The summed E-state index contributed by atoms with van der Waals surface area (Å²) in [5, 5.41) is 6.89. The molecule has 4 nitrogen and oxygen atoms in total. The van der Waals surface area contributed by atoms with Crippen molar-refractivity contribution in [3.8, 4) is 0 Å². The number of nitrogens with zero attached hydrogens (tertiary/aromatic N) is 3. The first kappa shape index (κ1) is 16.9. The Kier molecular flexibility index (Phi) is 6.61. The van der Waals surface area contributed by atoms with Gasteiger partial charge in [0.15, 0.2) is 0 Å². The molecule has 0 spiro atoms. The third-order valence-electron chi connectivity index (χ3n) is 4.06. The van der Waals surface area contributed by atoms with Gasteiger partial charge in [-0.15, -0.1) is 11.3 Å². The number of hydrogen-bond acceptors (Lipinski definition) is 5. The summed E-state index contributed by atoms with van der Waals surface area (Å²) < 4.78 is 0. The van der Waals surface area contributed by atoms with Crippen LogP contribution in [0.2, 0.25) is 0 Å². The van der Waals surface area contributed by atoms with Crippen LogP contribution in [0.25, 0.3) is 0 Å². The van der Waals surface area contributed by atoms with Gasteiger partial charge in [-0.25, -0.2) is 4.98 Å². The molecule has 1 fully saturated rings. The Morgan fingerprint density at radius 3 is 3.05 bits per heavy atom. The number of thiazole rings is 1. The van der Waals surface area contributed by atoms with Gasteiger partial charge in [0.05, 0.1) is 5.69 Å². The predicted octanol–water partition coefficient (Wildman–Crippen LogP) is 2.41. The fourth-order valence-corrected chi connectivity index (χ4v) is 3.61. The maximum Gasteiger partial charge on any atom is 0.107 e. The first-order valence-corrected chi connectivity index (χ1v) is 8.95. The van der Waals surface area contributed by atoms with Gasteiger partial charge in [-0.1, -0.05) is 13.8 Å². The minimum atomic E-state index is 0.674. The lowest BCUT2D eigenvalue weighted by molar-refractivity contribution is 0.128. The number of rotatable bonds is 7. The summed E-state index contributed by atoms with van der Waals surface area (Å²) >= 11 is 1.78. The largest absolute Gasteiger partial charge is 0.310 e. The van der Waals surface area contributed by atoms with Crippen molar-refractivity contribution in [2.45, 2.75) is 45.8 Å². The molecule has 0 bridgehead atoms. The van der Waals surface area contributed by atoms with Gasteiger partial charge in [0, 0.05) is 31.1 Å². The smallest absolute Gasteiger partial charge is 0.107 e. The van der Waals surface area contributed by atoms with Gasteiger partial charge in [-0.3, -0.25) is 4.90 Å². The molecule has 1 aliphatic rings. The van der Waals surface area contributed by atoms with Crippen molar-refractivity contribution in [1.29, 1.82) is 0 Å². The number of hydrogen-bond donors (Lipinski definition) is 1. The van der Waals surface area contributed by atoms with E-state index in [0.717, 1.165) is 19.6 Å². The van der Waals surface area contributed by atoms with Crippen molar-refractivity contribution < 1.29 is 0 Å². The first-order chi connectivity index (χ1) is 10.0. The highest BCUT2D eigenvalue weighted by molar-refractivity contribution is 7.09. The molecule has 1 aromatic heterocycles.